The molecule has 8 rings (SSSR count). The molecule has 0 unspecified atom stereocenters. The van der Waals surface area contributed by atoms with Gasteiger partial charge in [0.1, 0.15) is 0 Å². The van der Waals surface area contributed by atoms with Crippen LogP contribution in [0.4, 0.5) is 0 Å². The maximum absolute atomic E-state index is 5.20. The van der Waals surface area contributed by atoms with Crippen molar-refractivity contribution in [1.82, 2.24) is 15.0 Å². The molecule has 0 spiro atoms. The van der Waals surface area contributed by atoms with E-state index in [1.165, 1.54) is 16.3 Å². The zero-order valence-corrected chi connectivity index (χ0v) is 30.7. The maximum atomic E-state index is 5.20. The number of hydrogen-bond acceptors (Lipinski definition) is 3. The Kier molecular flexibility index (Phi) is 8.98. The van der Waals surface area contributed by atoms with E-state index in [9.17, 15) is 0 Å². The van der Waals surface area contributed by atoms with Gasteiger partial charge >= 0.3 is 0 Å². The molecule has 0 aliphatic rings. The first kappa shape index (κ1) is 32.9. The van der Waals surface area contributed by atoms with E-state index in [2.05, 4.69) is 189 Å². The number of benzene rings is 7. The highest BCUT2D eigenvalue weighted by molar-refractivity contribution is 6.88. The van der Waals surface area contributed by atoms with Crippen LogP contribution in [0.15, 0.2) is 182 Å². The largest absolute Gasteiger partial charge is 0.208 e. The van der Waals surface area contributed by atoms with E-state index < -0.39 is 8.07 Å². The fraction of sp³-hybridized carbons (Fsp3) is 0.0625. The molecule has 0 N–H and O–H groups in total. The fourth-order valence-corrected chi connectivity index (χ4v) is 7.89. The summed E-state index contributed by atoms with van der Waals surface area (Å²) in [5.74, 6) is 1.90. The normalized spacial score (nSPS) is 11.4. The molecule has 0 bridgehead atoms. The van der Waals surface area contributed by atoms with Crippen LogP contribution in [0.5, 0.6) is 0 Å². The summed E-state index contributed by atoms with van der Waals surface area (Å²) < 4.78 is 0. The second-order valence-electron chi connectivity index (χ2n) is 14.1. The Labute approximate surface area is 307 Å². The van der Waals surface area contributed by atoms with Crippen molar-refractivity contribution in [3.8, 4) is 78.7 Å². The molecule has 3 nitrogen and oxygen atoms in total. The molecule has 0 saturated heterocycles. The maximum Gasteiger partial charge on any atom is 0.164 e. The van der Waals surface area contributed by atoms with Crippen LogP contribution < -0.4 is 5.19 Å². The molecule has 7 aromatic carbocycles. The van der Waals surface area contributed by atoms with Crippen molar-refractivity contribution in [1.29, 1.82) is 0 Å². The Morgan fingerprint density at radius 1 is 0.288 bits per heavy atom. The number of hydrogen-bond donors (Lipinski definition) is 0. The molecule has 0 aliphatic heterocycles. The van der Waals surface area contributed by atoms with Crippen LogP contribution in [-0.4, -0.2) is 23.0 Å². The Hall–Kier alpha value is -6.23. The fourth-order valence-electron chi connectivity index (χ4n) is 6.72. The lowest BCUT2D eigenvalue weighted by molar-refractivity contribution is 1.07. The van der Waals surface area contributed by atoms with Crippen molar-refractivity contribution in [2.45, 2.75) is 19.6 Å². The predicted molar refractivity (Wildman–Crippen MR) is 221 cm³/mol. The number of nitrogens with zero attached hydrogens (tertiary/aromatic N) is 3. The average molecular weight is 686 g/mol. The zero-order valence-electron chi connectivity index (χ0n) is 29.7. The van der Waals surface area contributed by atoms with E-state index in [0.29, 0.717) is 17.5 Å². The van der Waals surface area contributed by atoms with E-state index >= 15 is 0 Å². The van der Waals surface area contributed by atoms with Gasteiger partial charge in [0, 0.05) is 16.7 Å². The molecule has 0 saturated carbocycles. The number of rotatable bonds is 8. The van der Waals surface area contributed by atoms with E-state index in [0.717, 1.165) is 50.1 Å². The van der Waals surface area contributed by atoms with Gasteiger partial charge in [-0.3, -0.25) is 0 Å². The third kappa shape index (κ3) is 6.89. The van der Waals surface area contributed by atoms with Crippen LogP contribution in [0.3, 0.4) is 0 Å². The first-order valence-corrected chi connectivity index (χ1v) is 21.3. The molecule has 4 heteroatoms. The van der Waals surface area contributed by atoms with Gasteiger partial charge in [0.05, 0.1) is 8.07 Å². The summed E-state index contributed by atoms with van der Waals surface area (Å²) in [5.41, 5.74) is 11.9. The Morgan fingerprint density at radius 2 is 0.654 bits per heavy atom. The first-order chi connectivity index (χ1) is 25.4. The molecule has 0 radical (unpaired) electrons. The van der Waals surface area contributed by atoms with Crippen molar-refractivity contribution >= 4 is 13.3 Å². The van der Waals surface area contributed by atoms with Crippen LogP contribution in [-0.2, 0) is 0 Å². The molecule has 52 heavy (non-hydrogen) atoms. The van der Waals surface area contributed by atoms with Crippen LogP contribution in [0.1, 0.15) is 0 Å². The van der Waals surface area contributed by atoms with Gasteiger partial charge in [-0.1, -0.05) is 195 Å². The summed E-state index contributed by atoms with van der Waals surface area (Å²) in [6, 6.07) is 64.0. The van der Waals surface area contributed by atoms with E-state index in [4.69, 9.17) is 15.0 Å². The summed E-state index contributed by atoms with van der Waals surface area (Å²) in [5, 5.41) is 1.47. The smallest absolute Gasteiger partial charge is 0.164 e. The number of aromatic nitrogens is 3. The van der Waals surface area contributed by atoms with Crippen LogP contribution in [0.2, 0.25) is 19.6 Å². The summed E-state index contributed by atoms with van der Waals surface area (Å²) in [6.07, 6.45) is 0. The average Bonchev–Trinajstić information content (AvgIpc) is 3.21. The molecule has 0 atom stereocenters. The Balaban J connectivity index is 1.26. The van der Waals surface area contributed by atoms with Crippen molar-refractivity contribution in [3.63, 3.8) is 0 Å². The minimum atomic E-state index is -1.37. The SMILES string of the molecule is C[Si](C)(C)c1ccc(-c2cccc(-c3cccc(-c4nc(-c5ccccc5-c5ccccc5)nc(-c5ccccc5-c5ccccc5)n4)c3)c2)cc1. The third-order valence-electron chi connectivity index (χ3n) is 9.54. The predicted octanol–water partition coefficient (Wildman–Crippen LogP) is 12.1. The van der Waals surface area contributed by atoms with Gasteiger partial charge in [-0.25, -0.2) is 15.0 Å². The van der Waals surface area contributed by atoms with Crippen LogP contribution >= 0.6 is 0 Å². The van der Waals surface area contributed by atoms with Crippen LogP contribution in [0, 0.1) is 0 Å². The van der Waals surface area contributed by atoms with Gasteiger partial charge in [0.15, 0.2) is 17.5 Å². The van der Waals surface area contributed by atoms with Gasteiger partial charge in [-0.2, -0.15) is 0 Å². The molecule has 250 valence electrons. The monoisotopic (exact) mass is 685 g/mol. The van der Waals surface area contributed by atoms with Gasteiger partial charge < -0.3 is 0 Å². The van der Waals surface area contributed by atoms with Crippen molar-refractivity contribution < 1.29 is 0 Å². The Bertz CT molecular complexity index is 2380. The standard InChI is InChI=1S/C48H39N3Si/c1-52(2,3)41-30-28-34(29-31-41)37-20-14-21-38(32-37)39-22-15-23-40(33-39)46-49-47(44-26-12-10-24-42(44)35-16-6-4-7-17-35)51-48(50-46)45-27-13-11-25-43(45)36-18-8-5-9-19-36/h4-33H,1-3H3. The summed E-state index contributed by atoms with van der Waals surface area (Å²) in [6.45, 7) is 7.16. The van der Waals surface area contributed by atoms with E-state index in [1.807, 2.05) is 12.1 Å². The van der Waals surface area contributed by atoms with E-state index in [1.54, 1.807) is 0 Å². The lowest BCUT2D eigenvalue weighted by atomic mass is 9.97. The second-order valence-corrected chi connectivity index (χ2v) is 19.2. The molecular formula is C48H39N3Si. The highest BCUT2D eigenvalue weighted by atomic mass is 28.3. The minimum absolute atomic E-state index is 0.630. The molecule has 1 heterocycles. The molecule has 0 aliphatic carbocycles. The summed E-state index contributed by atoms with van der Waals surface area (Å²) >= 11 is 0. The molecular weight excluding hydrogens is 647 g/mol. The lowest BCUT2D eigenvalue weighted by Crippen LogP contribution is -2.37. The topological polar surface area (TPSA) is 38.7 Å². The van der Waals surface area contributed by atoms with Crippen molar-refractivity contribution in [2.75, 3.05) is 0 Å². The molecule has 0 fully saturated rings. The first-order valence-electron chi connectivity index (χ1n) is 17.8. The van der Waals surface area contributed by atoms with Gasteiger partial charge in [-0.15, -0.1) is 0 Å². The van der Waals surface area contributed by atoms with Gasteiger partial charge in [-0.05, 0) is 56.6 Å². The van der Waals surface area contributed by atoms with Crippen molar-refractivity contribution in [2.24, 2.45) is 0 Å². The van der Waals surface area contributed by atoms with Gasteiger partial charge in [0.2, 0.25) is 0 Å². The Morgan fingerprint density at radius 3 is 1.13 bits per heavy atom. The molecule has 1 aromatic heterocycles. The minimum Gasteiger partial charge on any atom is -0.208 e. The van der Waals surface area contributed by atoms with Crippen molar-refractivity contribution in [3.05, 3.63) is 182 Å². The highest BCUT2D eigenvalue weighted by Gasteiger charge is 2.19. The summed E-state index contributed by atoms with van der Waals surface area (Å²) in [4.78, 5) is 15.6. The third-order valence-corrected chi connectivity index (χ3v) is 11.6. The lowest BCUT2D eigenvalue weighted by Gasteiger charge is -2.17. The highest BCUT2D eigenvalue weighted by Crippen LogP contribution is 2.36. The molecule has 8 aromatic rings. The second kappa shape index (κ2) is 14.2. The summed E-state index contributed by atoms with van der Waals surface area (Å²) in [7, 11) is -1.37. The zero-order chi connectivity index (χ0) is 35.5. The molecule has 0 amide bonds. The quantitative estimate of drug-likeness (QED) is 0.149. The van der Waals surface area contributed by atoms with Crippen LogP contribution in [0.25, 0.3) is 78.7 Å². The van der Waals surface area contributed by atoms with E-state index in [-0.39, 0.29) is 0 Å². The van der Waals surface area contributed by atoms with Gasteiger partial charge in [0.25, 0.3) is 0 Å².